The molecule has 3 rings (SSSR count). The van der Waals surface area contributed by atoms with Crippen molar-refractivity contribution in [3.63, 3.8) is 0 Å². The molecule has 0 atom stereocenters. The van der Waals surface area contributed by atoms with Crippen molar-refractivity contribution >= 4 is 17.2 Å². The molecular weight excluding hydrogens is 304 g/mol. The third-order valence-corrected chi connectivity index (χ3v) is 5.43. The van der Waals surface area contributed by atoms with Crippen LogP contribution in [0.4, 0.5) is 0 Å². The third-order valence-electron chi connectivity index (χ3n) is 4.59. The van der Waals surface area contributed by atoms with Crippen LogP contribution in [0.5, 0.6) is 0 Å². The molecule has 2 heterocycles. The Morgan fingerprint density at radius 2 is 1.96 bits per heavy atom. The van der Waals surface area contributed by atoms with Gasteiger partial charge in [0, 0.05) is 30.6 Å². The molecule has 1 aromatic carbocycles. The predicted octanol–water partition coefficient (Wildman–Crippen LogP) is 3.49. The van der Waals surface area contributed by atoms with Crippen molar-refractivity contribution in [1.29, 1.82) is 0 Å². The van der Waals surface area contributed by atoms with Crippen LogP contribution in [0.25, 0.3) is 0 Å². The number of aryl methyl sites for hydroxylation is 1. The minimum atomic E-state index is 0.0893. The molecule has 0 aliphatic carbocycles. The maximum Gasteiger partial charge on any atom is 0.252 e. The summed E-state index contributed by atoms with van der Waals surface area (Å²) in [6, 6.07) is 12.9. The number of rotatable bonds is 5. The lowest BCUT2D eigenvalue weighted by Gasteiger charge is -2.32. The molecule has 0 spiro atoms. The summed E-state index contributed by atoms with van der Waals surface area (Å²) in [7, 11) is 0. The fourth-order valence-corrected chi connectivity index (χ4v) is 3.81. The van der Waals surface area contributed by atoms with Crippen LogP contribution in [0.1, 0.15) is 33.6 Å². The third kappa shape index (κ3) is 4.43. The molecule has 0 radical (unpaired) electrons. The maximum absolute atomic E-state index is 12.3. The van der Waals surface area contributed by atoms with Gasteiger partial charge in [-0.1, -0.05) is 30.3 Å². The molecular formula is C19H24N2OS. The highest BCUT2D eigenvalue weighted by Gasteiger charge is 2.21. The lowest BCUT2D eigenvalue weighted by atomic mass is 10.0. The van der Waals surface area contributed by atoms with Crippen LogP contribution in [0.2, 0.25) is 0 Å². The van der Waals surface area contributed by atoms with Crippen LogP contribution in [0.3, 0.4) is 0 Å². The molecule has 0 bridgehead atoms. The van der Waals surface area contributed by atoms with Gasteiger partial charge in [0.25, 0.3) is 5.91 Å². The van der Waals surface area contributed by atoms with Crippen molar-refractivity contribution in [2.75, 3.05) is 19.6 Å². The highest BCUT2D eigenvalue weighted by molar-refractivity contribution is 7.10. The smallest absolute Gasteiger partial charge is 0.252 e. The number of hydrogen-bond donors (Lipinski definition) is 1. The summed E-state index contributed by atoms with van der Waals surface area (Å²) >= 11 is 1.63. The van der Waals surface area contributed by atoms with Crippen LogP contribution in [-0.2, 0) is 6.42 Å². The molecule has 1 amide bonds. The summed E-state index contributed by atoms with van der Waals surface area (Å²) in [5.41, 5.74) is 2.23. The largest absolute Gasteiger partial charge is 0.349 e. The molecule has 122 valence electrons. The van der Waals surface area contributed by atoms with E-state index in [0.717, 1.165) is 49.3 Å². The number of carbonyl (C=O) groups excluding carboxylic acids is 1. The Bertz CT molecular complexity index is 630. The van der Waals surface area contributed by atoms with Crippen molar-refractivity contribution in [3.05, 3.63) is 57.8 Å². The van der Waals surface area contributed by atoms with E-state index < -0.39 is 0 Å². The first-order chi connectivity index (χ1) is 11.2. The highest BCUT2D eigenvalue weighted by Crippen LogP contribution is 2.17. The van der Waals surface area contributed by atoms with Gasteiger partial charge in [0.2, 0.25) is 0 Å². The quantitative estimate of drug-likeness (QED) is 0.911. The Morgan fingerprint density at radius 1 is 1.22 bits per heavy atom. The molecule has 23 heavy (non-hydrogen) atoms. The zero-order chi connectivity index (χ0) is 16.1. The number of carbonyl (C=O) groups is 1. The van der Waals surface area contributed by atoms with Gasteiger partial charge in [0.1, 0.15) is 0 Å². The summed E-state index contributed by atoms with van der Waals surface area (Å²) in [6.07, 6.45) is 3.19. The van der Waals surface area contributed by atoms with E-state index in [1.807, 2.05) is 18.4 Å². The first kappa shape index (κ1) is 16.2. The number of benzene rings is 1. The highest BCUT2D eigenvalue weighted by atomic mass is 32.1. The van der Waals surface area contributed by atoms with E-state index in [9.17, 15) is 4.79 Å². The second-order valence-electron chi connectivity index (χ2n) is 6.22. The molecule has 0 saturated carbocycles. The predicted molar refractivity (Wildman–Crippen MR) is 96.1 cm³/mol. The molecule has 1 fully saturated rings. The number of piperidine rings is 1. The zero-order valence-corrected chi connectivity index (χ0v) is 14.4. The van der Waals surface area contributed by atoms with E-state index in [1.54, 1.807) is 11.3 Å². The summed E-state index contributed by atoms with van der Waals surface area (Å²) in [6.45, 7) is 5.25. The van der Waals surface area contributed by atoms with Gasteiger partial charge in [0.05, 0.1) is 5.56 Å². The van der Waals surface area contributed by atoms with E-state index in [4.69, 9.17) is 0 Å². The van der Waals surface area contributed by atoms with Crippen LogP contribution in [0.15, 0.2) is 41.8 Å². The first-order valence-corrected chi connectivity index (χ1v) is 9.21. The number of amides is 1. The molecule has 1 aromatic heterocycles. The van der Waals surface area contributed by atoms with Crippen molar-refractivity contribution in [3.8, 4) is 0 Å². The zero-order valence-electron chi connectivity index (χ0n) is 13.6. The minimum Gasteiger partial charge on any atom is -0.349 e. The van der Waals surface area contributed by atoms with E-state index in [0.29, 0.717) is 6.04 Å². The van der Waals surface area contributed by atoms with Crippen LogP contribution in [-0.4, -0.2) is 36.5 Å². The molecule has 3 nitrogen and oxygen atoms in total. The van der Waals surface area contributed by atoms with Crippen LogP contribution >= 0.6 is 11.3 Å². The van der Waals surface area contributed by atoms with Crippen molar-refractivity contribution in [2.45, 2.75) is 32.2 Å². The van der Waals surface area contributed by atoms with Gasteiger partial charge in [-0.2, -0.15) is 0 Å². The Morgan fingerprint density at radius 3 is 2.61 bits per heavy atom. The summed E-state index contributed by atoms with van der Waals surface area (Å²) in [4.78, 5) is 15.9. The van der Waals surface area contributed by atoms with Crippen LogP contribution in [0, 0.1) is 6.92 Å². The van der Waals surface area contributed by atoms with Gasteiger partial charge < -0.3 is 10.2 Å². The van der Waals surface area contributed by atoms with Crippen LogP contribution < -0.4 is 5.32 Å². The average molecular weight is 328 g/mol. The fourth-order valence-electron chi connectivity index (χ4n) is 3.12. The molecule has 1 saturated heterocycles. The lowest BCUT2D eigenvalue weighted by molar-refractivity contribution is 0.0911. The van der Waals surface area contributed by atoms with E-state index in [2.05, 4.69) is 40.5 Å². The Hall–Kier alpha value is -1.65. The van der Waals surface area contributed by atoms with Gasteiger partial charge in [-0.05, 0) is 43.2 Å². The Labute approximate surface area is 142 Å². The number of hydrogen-bond acceptors (Lipinski definition) is 3. The molecule has 4 heteroatoms. The molecule has 1 N–H and O–H groups in total. The molecule has 0 unspecified atom stereocenters. The Kier molecular flexibility index (Phi) is 5.47. The Balaban J connectivity index is 1.42. The topological polar surface area (TPSA) is 32.3 Å². The maximum atomic E-state index is 12.3. The van der Waals surface area contributed by atoms with Crippen molar-refractivity contribution in [1.82, 2.24) is 10.2 Å². The van der Waals surface area contributed by atoms with Crippen molar-refractivity contribution < 1.29 is 4.79 Å². The normalized spacial score (nSPS) is 16.4. The van der Waals surface area contributed by atoms with Gasteiger partial charge in [-0.3, -0.25) is 4.79 Å². The summed E-state index contributed by atoms with van der Waals surface area (Å²) in [5.74, 6) is 0.0893. The minimum absolute atomic E-state index is 0.0893. The van der Waals surface area contributed by atoms with Gasteiger partial charge in [-0.15, -0.1) is 11.3 Å². The first-order valence-electron chi connectivity index (χ1n) is 8.33. The second-order valence-corrected chi connectivity index (χ2v) is 7.34. The monoisotopic (exact) mass is 328 g/mol. The SMILES string of the molecule is Cc1sccc1C(=O)NC1CCN(CCc2ccccc2)CC1. The van der Waals surface area contributed by atoms with Gasteiger partial charge >= 0.3 is 0 Å². The standard InChI is InChI=1S/C19H24N2OS/c1-15-18(10-14-23-15)19(22)20-17-8-12-21(13-9-17)11-7-16-5-3-2-4-6-16/h2-6,10,14,17H,7-9,11-13H2,1H3,(H,20,22). The van der Waals surface area contributed by atoms with E-state index >= 15 is 0 Å². The fraction of sp³-hybridized carbons (Fsp3) is 0.421. The van der Waals surface area contributed by atoms with E-state index in [-0.39, 0.29) is 5.91 Å². The number of thiophene rings is 1. The molecule has 1 aliphatic rings. The number of likely N-dealkylation sites (tertiary alicyclic amines) is 1. The number of nitrogens with one attached hydrogen (secondary N) is 1. The average Bonchev–Trinajstić information content (AvgIpc) is 3.01. The second kappa shape index (κ2) is 7.75. The number of nitrogens with zero attached hydrogens (tertiary/aromatic N) is 1. The molecule has 1 aliphatic heterocycles. The lowest BCUT2D eigenvalue weighted by Crippen LogP contribution is -2.45. The van der Waals surface area contributed by atoms with Gasteiger partial charge in [-0.25, -0.2) is 0 Å². The summed E-state index contributed by atoms with van der Waals surface area (Å²) < 4.78 is 0. The molecule has 2 aromatic rings. The summed E-state index contributed by atoms with van der Waals surface area (Å²) in [5, 5.41) is 5.18. The van der Waals surface area contributed by atoms with Crippen molar-refractivity contribution in [2.24, 2.45) is 0 Å². The van der Waals surface area contributed by atoms with E-state index in [1.165, 1.54) is 5.56 Å². The van der Waals surface area contributed by atoms with Gasteiger partial charge in [0.15, 0.2) is 0 Å².